The molecule has 0 amide bonds. The van der Waals surface area contributed by atoms with E-state index in [1.165, 1.54) is 38.2 Å². The third kappa shape index (κ3) is 2.66. The summed E-state index contributed by atoms with van der Waals surface area (Å²) in [6, 6.07) is 5.32. The van der Waals surface area contributed by atoms with Gasteiger partial charge in [-0.15, -0.1) is 0 Å². The maximum Gasteiger partial charge on any atom is 0.134 e. The molecule has 102 valence electrons. The first-order valence-electron chi connectivity index (χ1n) is 7.15. The molecule has 1 heterocycles. The Morgan fingerprint density at radius 2 is 2.05 bits per heavy atom. The van der Waals surface area contributed by atoms with Crippen molar-refractivity contribution in [3.05, 3.63) is 35.3 Å². The van der Waals surface area contributed by atoms with Crippen LogP contribution in [0.1, 0.15) is 43.4 Å². The highest BCUT2D eigenvalue weighted by Crippen LogP contribution is 2.26. The van der Waals surface area contributed by atoms with Gasteiger partial charge in [0.25, 0.3) is 0 Å². The summed E-state index contributed by atoms with van der Waals surface area (Å²) < 4.78 is 19.1. The Labute approximate surface area is 113 Å². The van der Waals surface area contributed by atoms with E-state index in [1.54, 1.807) is 12.1 Å². The number of aryl methyl sites for hydroxylation is 1. The molecule has 0 radical (unpaired) electrons. The fraction of sp³-hybridized carbons (Fsp3) is 0.500. The Bertz CT molecular complexity index is 569. The van der Waals surface area contributed by atoms with Crippen molar-refractivity contribution in [1.82, 2.24) is 5.32 Å². The molecule has 3 rings (SSSR count). The van der Waals surface area contributed by atoms with Crippen molar-refractivity contribution in [2.45, 2.75) is 51.6 Å². The number of hydrogen-bond donors (Lipinski definition) is 1. The molecule has 0 atom stereocenters. The average molecular weight is 261 g/mol. The number of rotatable bonds is 3. The van der Waals surface area contributed by atoms with Gasteiger partial charge in [-0.1, -0.05) is 19.3 Å². The summed E-state index contributed by atoms with van der Waals surface area (Å²) in [5, 5.41) is 4.46. The van der Waals surface area contributed by atoms with Crippen LogP contribution in [0.3, 0.4) is 0 Å². The second-order valence-electron chi connectivity index (χ2n) is 5.51. The van der Waals surface area contributed by atoms with E-state index < -0.39 is 0 Å². The van der Waals surface area contributed by atoms with Gasteiger partial charge in [0.15, 0.2) is 0 Å². The molecule has 1 N–H and O–H groups in total. The molecular formula is C16H20FNO. The van der Waals surface area contributed by atoms with Crippen LogP contribution < -0.4 is 5.32 Å². The number of halogens is 1. The molecule has 1 aliphatic rings. The summed E-state index contributed by atoms with van der Waals surface area (Å²) >= 11 is 0. The normalized spacial score (nSPS) is 17.2. The van der Waals surface area contributed by atoms with Gasteiger partial charge in [0.1, 0.15) is 17.2 Å². The van der Waals surface area contributed by atoms with Gasteiger partial charge in [0.05, 0.1) is 6.54 Å². The minimum Gasteiger partial charge on any atom is -0.459 e. The monoisotopic (exact) mass is 261 g/mol. The first-order chi connectivity index (χ1) is 9.24. The standard InChI is InChI=1S/C16H20FNO/c1-11-14-9-12(17)7-8-15(14)19-16(11)10-18-13-5-3-2-4-6-13/h7-9,13,18H,2-6,10H2,1H3. The molecule has 0 saturated heterocycles. The van der Waals surface area contributed by atoms with Gasteiger partial charge in [-0.25, -0.2) is 4.39 Å². The predicted molar refractivity (Wildman–Crippen MR) is 74.6 cm³/mol. The van der Waals surface area contributed by atoms with E-state index in [9.17, 15) is 4.39 Å². The molecule has 0 unspecified atom stereocenters. The van der Waals surface area contributed by atoms with E-state index in [1.807, 2.05) is 6.92 Å². The predicted octanol–water partition coefficient (Wildman–Crippen LogP) is 4.30. The summed E-state index contributed by atoms with van der Waals surface area (Å²) in [6.45, 7) is 2.75. The van der Waals surface area contributed by atoms with Crippen molar-refractivity contribution in [2.75, 3.05) is 0 Å². The number of nitrogens with one attached hydrogen (secondary N) is 1. The van der Waals surface area contributed by atoms with Crippen LogP contribution in [0.25, 0.3) is 11.0 Å². The quantitative estimate of drug-likeness (QED) is 0.891. The SMILES string of the molecule is Cc1c(CNC2CCCCC2)oc2ccc(F)cc12. The molecule has 0 bridgehead atoms. The fourth-order valence-electron chi connectivity index (χ4n) is 2.96. The van der Waals surface area contributed by atoms with Crippen LogP contribution in [0.5, 0.6) is 0 Å². The molecule has 1 fully saturated rings. The van der Waals surface area contributed by atoms with Crippen LogP contribution >= 0.6 is 0 Å². The average Bonchev–Trinajstić information content (AvgIpc) is 2.74. The van der Waals surface area contributed by atoms with E-state index in [-0.39, 0.29) is 5.82 Å². The largest absolute Gasteiger partial charge is 0.459 e. The number of furan rings is 1. The van der Waals surface area contributed by atoms with E-state index in [0.717, 1.165) is 28.8 Å². The van der Waals surface area contributed by atoms with Gasteiger partial charge < -0.3 is 9.73 Å². The van der Waals surface area contributed by atoms with Crippen molar-refractivity contribution in [2.24, 2.45) is 0 Å². The van der Waals surface area contributed by atoms with Gasteiger partial charge in [-0.05, 0) is 43.5 Å². The summed E-state index contributed by atoms with van der Waals surface area (Å²) in [5.41, 5.74) is 1.83. The van der Waals surface area contributed by atoms with Gasteiger partial charge >= 0.3 is 0 Å². The Morgan fingerprint density at radius 1 is 1.26 bits per heavy atom. The Hall–Kier alpha value is -1.35. The minimum absolute atomic E-state index is 0.205. The highest BCUT2D eigenvalue weighted by atomic mass is 19.1. The van der Waals surface area contributed by atoms with Crippen LogP contribution in [0.15, 0.2) is 22.6 Å². The van der Waals surface area contributed by atoms with Crippen LogP contribution in [-0.4, -0.2) is 6.04 Å². The second-order valence-corrected chi connectivity index (χ2v) is 5.51. The first-order valence-corrected chi connectivity index (χ1v) is 7.15. The molecule has 19 heavy (non-hydrogen) atoms. The lowest BCUT2D eigenvalue weighted by atomic mass is 9.95. The zero-order valence-corrected chi connectivity index (χ0v) is 11.3. The second kappa shape index (κ2) is 5.33. The third-order valence-corrected chi connectivity index (χ3v) is 4.15. The lowest BCUT2D eigenvalue weighted by Gasteiger charge is -2.22. The fourth-order valence-corrected chi connectivity index (χ4v) is 2.96. The van der Waals surface area contributed by atoms with Crippen molar-refractivity contribution in [1.29, 1.82) is 0 Å². The molecule has 1 aromatic heterocycles. The topological polar surface area (TPSA) is 25.2 Å². The van der Waals surface area contributed by atoms with Gasteiger partial charge in [-0.3, -0.25) is 0 Å². The van der Waals surface area contributed by atoms with E-state index in [0.29, 0.717) is 6.04 Å². The third-order valence-electron chi connectivity index (χ3n) is 4.15. The van der Waals surface area contributed by atoms with Gasteiger partial charge in [0.2, 0.25) is 0 Å². The van der Waals surface area contributed by atoms with Crippen LogP contribution in [0.4, 0.5) is 4.39 Å². The van der Waals surface area contributed by atoms with Crippen molar-refractivity contribution in [3.8, 4) is 0 Å². The maximum absolute atomic E-state index is 13.2. The Morgan fingerprint density at radius 3 is 2.84 bits per heavy atom. The summed E-state index contributed by atoms with van der Waals surface area (Å²) in [5.74, 6) is 0.731. The van der Waals surface area contributed by atoms with E-state index in [2.05, 4.69) is 5.32 Å². The zero-order chi connectivity index (χ0) is 13.2. The Balaban J connectivity index is 1.75. The zero-order valence-electron chi connectivity index (χ0n) is 11.3. The highest BCUT2D eigenvalue weighted by Gasteiger charge is 2.15. The van der Waals surface area contributed by atoms with Gasteiger partial charge in [0, 0.05) is 11.4 Å². The molecular weight excluding hydrogens is 241 g/mol. The highest BCUT2D eigenvalue weighted by molar-refractivity contribution is 5.82. The molecule has 0 spiro atoms. The number of fused-ring (bicyclic) bond motifs is 1. The number of hydrogen-bond acceptors (Lipinski definition) is 2. The smallest absolute Gasteiger partial charge is 0.134 e. The van der Waals surface area contributed by atoms with E-state index >= 15 is 0 Å². The molecule has 2 aromatic rings. The van der Waals surface area contributed by atoms with E-state index in [4.69, 9.17) is 4.42 Å². The molecule has 1 aromatic carbocycles. The molecule has 1 saturated carbocycles. The number of benzene rings is 1. The summed E-state index contributed by atoms with van der Waals surface area (Å²) in [6.07, 6.45) is 6.52. The molecule has 3 heteroatoms. The van der Waals surface area contributed by atoms with Crippen molar-refractivity contribution < 1.29 is 8.81 Å². The maximum atomic E-state index is 13.2. The van der Waals surface area contributed by atoms with Crippen LogP contribution in [0, 0.1) is 12.7 Å². The molecule has 2 nitrogen and oxygen atoms in total. The molecule has 0 aliphatic heterocycles. The van der Waals surface area contributed by atoms with Gasteiger partial charge in [-0.2, -0.15) is 0 Å². The molecule has 1 aliphatic carbocycles. The lowest BCUT2D eigenvalue weighted by Crippen LogP contribution is -2.30. The van der Waals surface area contributed by atoms with Crippen LogP contribution in [-0.2, 0) is 6.54 Å². The van der Waals surface area contributed by atoms with Crippen molar-refractivity contribution in [3.63, 3.8) is 0 Å². The van der Waals surface area contributed by atoms with Crippen LogP contribution in [0.2, 0.25) is 0 Å². The lowest BCUT2D eigenvalue weighted by molar-refractivity contribution is 0.359. The first kappa shape index (κ1) is 12.7. The summed E-state index contributed by atoms with van der Waals surface area (Å²) in [4.78, 5) is 0. The summed E-state index contributed by atoms with van der Waals surface area (Å²) in [7, 11) is 0. The Kier molecular flexibility index (Phi) is 3.56. The van der Waals surface area contributed by atoms with Crippen molar-refractivity contribution >= 4 is 11.0 Å². The minimum atomic E-state index is -0.205.